The normalized spacial score (nSPS) is 21.8. The average Bonchev–Trinajstić information content (AvgIpc) is 3.13. The first-order chi connectivity index (χ1) is 14.3. The summed E-state index contributed by atoms with van der Waals surface area (Å²) in [5.74, 6) is 0.562. The van der Waals surface area contributed by atoms with Crippen LogP contribution in [-0.4, -0.2) is 34.0 Å². The Bertz CT molecular complexity index is 924. The van der Waals surface area contributed by atoms with Gasteiger partial charge in [-0.25, -0.2) is 14.8 Å². The zero-order valence-electron chi connectivity index (χ0n) is 18.1. The van der Waals surface area contributed by atoms with Crippen molar-refractivity contribution < 1.29 is 4.79 Å². The molecule has 0 radical (unpaired) electrons. The molecule has 30 heavy (non-hydrogen) atoms. The van der Waals surface area contributed by atoms with Crippen LogP contribution >= 0.6 is 11.6 Å². The Balaban J connectivity index is 1.51. The highest BCUT2D eigenvalue weighted by molar-refractivity contribution is 6.28. The summed E-state index contributed by atoms with van der Waals surface area (Å²) in [6.45, 7) is 8.50. The highest BCUT2D eigenvalue weighted by Gasteiger charge is 2.34. The smallest absolute Gasteiger partial charge is 0.317 e. The van der Waals surface area contributed by atoms with Crippen LogP contribution in [0.15, 0.2) is 30.5 Å². The molecule has 6 heteroatoms. The third-order valence-corrected chi connectivity index (χ3v) is 6.81. The number of benzene rings is 1. The number of halogens is 1. The minimum atomic E-state index is 0.0618. The third kappa shape index (κ3) is 4.61. The van der Waals surface area contributed by atoms with Crippen molar-refractivity contribution >= 4 is 17.6 Å². The maximum atomic E-state index is 13.0. The summed E-state index contributed by atoms with van der Waals surface area (Å²) in [6, 6.07) is 8.44. The highest BCUT2D eigenvalue weighted by atomic mass is 35.5. The first-order valence-corrected chi connectivity index (χ1v) is 11.4. The van der Waals surface area contributed by atoms with Crippen LogP contribution in [0.5, 0.6) is 0 Å². The number of nitrogens with one attached hydrogen (secondary N) is 1. The number of urea groups is 1. The van der Waals surface area contributed by atoms with Gasteiger partial charge >= 0.3 is 6.03 Å². The Morgan fingerprint density at radius 3 is 2.77 bits per heavy atom. The fourth-order valence-corrected chi connectivity index (χ4v) is 4.83. The van der Waals surface area contributed by atoms with Gasteiger partial charge in [0.1, 0.15) is 0 Å². The number of carbonyl (C=O) groups is 1. The Morgan fingerprint density at radius 1 is 1.20 bits per heavy atom. The molecule has 1 aliphatic heterocycles. The van der Waals surface area contributed by atoms with Crippen molar-refractivity contribution in [3.63, 3.8) is 0 Å². The molecule has 1 aromatic heterocycles. The van der Waals surface area contributed by atoms with Gasteiger partial charge in [-0.1, -0.05) is 39.3 Å². The molecule has 1 saturated heterocycles. The SMILES string of the molecule is CC(C)(C)C1CCN(C(=O)NC2CCCCc3cc(-c4ccnc(Cl)n4)ccc32)C1. The molecule has 0 saturated carbocycles. The lowest BCUT2D eigenvalue weighted by molar-refractivity contribution is 0.192. The molecule has 0 bridgehead atoms. The summed E-state index contributed by atoms with van der Waals surface area (Å²) in [5.41, 5.74) is 4.63. The van der Waals surface area contributed by atoms with Crippen LogP contribution in [0.4, 0.5) is 4.79 Å². The van der Waals surface area contributed by atoms with Crippen molar-refractivity contribution in [2.75, 3.05) is 13.1 Å². The van der Waals surface area contributed by atoms with E-state index in [0.717, 1.165) is 56.5 Å². The van der Waals surface area contributed by atoms with Crippen molar-refractivity contribution in [1.82, 2.24) is 20.2 Å². The second-order valence-electron chi connectivity index (χ2n) is 9.67. The van der Waals surface area contributed by atoms with Crippen molar-refractivity contribution in [3.8, 4) is 11.3 Å². The number of hydrogen-bond acceptors (Lipinski definition) is 3. The van der Waals surface area contributed by atoms with E-state index < -0.39 is 0 Å². The lowest BCUT2D eigenvalue weighted by Crippen LogP contribution is -2.41. The number of rotatable bonds is 2. The van der Waals surface area contributed by atoms with E-state index in [1.54, 1.807) is 6.20 Å². The molecule has 2 aromatic rings. The predicted octanol–water partition coefficient (Wildman–Crippen LogP) is 5.64. The molecule has 4 rings (SSSR count). The average molecular weight is 427 g/mol. The highest BCUT2D eigenvalue weighted by Crippen LogP contribution is 2.35. The molecule has 2 atom stereocenters. The standard InChI is InChI=1S/C24H31ClN4O/c1-24(2,3)18-11-13-29(15-18)23(30)28-21-7-5-4-6-16-14-17(8-9-19(16)21)20-10-12-26-22(25)27-20/h8-10,12,14,18,21H,4-7,11,13,15H2,1-3H3,(H,28,30). The molecule has 0 spiro atoms. The van der Waals surface area contributed by atoms with Gasteiger partial charge in [0.25, 0.3) is 0 Å². The Hall–Kier alpha value is -2.14. The number of fused-ring (bicyclic) bond motifs is 1. The van der Waals surface area contributed by atoms with Gasteiger partial charge in [-0.3, -0.25) is 0 Å². The molecular weight excluding hydrogens is 396 g/mol. The first kappa shape index (κ1) is 21.1. The van der Waals surface area contributed by atoms with Gasteiger partial charge in [0.15, 0.2) is 0 Å². The van der Waals surface area contributed by atoms with Crippen LogP contribution in [0.2, 0.25) is 5.28 Å². The molecule has 2 unspecified atom stereocenters. The van der Waals surface area contributed by atoms with Crippen molar-refractivity contribution in [1.29, 1.82) is 0 Å². The summed E-state index contributed by atoms with van der Waals surface area (Å²) in [6.07, 6.45) is 7.00. The van der Waals surface area contributed by atoms with Gasteiger partial charge in [0.2, 0.25) is 5.28 Å². The first-order valence-electron chi connectivity index (χ1n) is 11.0. The fraction of sp³-hybridized carbons (Fsp3) is 0.542. The second kappa shape index (κ2) is 8.54. The van der Waals surface area contributed by atoms with Gasteiger partial charge in [-0.05, 0) is 71.9 Å². The van der Waals surface area contributed by atoms with Crippen LogP contribution in [0, 0.1) is 11.3 Å². The zero-order chi connectivity index (χ0) is 21.3. The van der Waals surface area contributed by atoms with Gasteiger partial charge in [0, 0.05) is 24.8 Å². The number of hydrogen-bond donors (Lipinski definition) is 1. The van der Waals surface area contributed by atoms with Crippen LogP contribution in [-0.2, 0) is 6.42 Å². The third-order valence-electron chi connectivity index (χ3n) is 6.63. The van der Waals surface area contributed by atoms with Crippen LogP contribution in [0.25, 0.3) is 11.3 Å². The largest absolute Gasteiger partial charge is 0.331 e. The van der Waals surface area contributed by atoms with Gasteiger partial charge in [-0.2, -0.15) is 0 Å². The lowest BCUT2D eigenvalue weighted by atomic mass is 9.80. The number of amides is 2. The number of nitrogens with zero attached hydrogens (tertiary/aromatic N) is 3. The predicted molar refractivity (Wildman–Crippen MR) is 120 cm³/mol. The molecule has 2 amide bonds. The van der Waals surface area contributed by atoms with Gasteiger partial charge < -0.3 is 10.2 Å². The molecule has 5 nitrogen and oxygen atoms in total. The molecule has 1 aliphatic carbocycles. The molecular formula is C24H31ClN4O. The van der Waals surface area contributed by atoms with Crippen molar-refractivity contribution in [2.24, 2.45) is 11.3 Å². The lowest BCUT2D eigenvalue weighted by Gasteiger charge is -2.28. The molecule has 160 valence electrons. The number of carbonyl (C=O) groups excluding carboxylic acids is 1. The quantitative estimate of drug-likeness (QED) is 0.499. The van der Waals surface area contributed by atoms with E-state index in [9.17, 15) is 4.79 Å². The van der Waals surface area contributed by atoms with E-state index in [4.69, 9.17) is 11.6 Å². The minimum absolute atomic E-state index is 0.0618. The Morgan fingerprint density at radius 2 is 2.03 bits per heavy atom. The van der Waals surface area contributed by atoms with E-state index in [2.05, 4.69) is 54.3 Å². The zero-order valence-corrected chi connectivity index (χ0v) is 18.9. The van der Waals surface area contributed by atoms with Crippen LogP contribution in [0.1, 0.15) is 63.6 Å². The molecule has 2 heterocycles. The van der Waals surface area contributed by atoms with Gasteiger partial charge in [-0.15, -0.1) is 0 Å². The summed E-state index contributed by atoms with van der Waals surface area (Å²) in [7, 11) is 0. The minimum Gasteiger partial charge on any atom is -0.331 e. The topological polar surface area (TPSA) is 58.1 Å². The van der Waals surface area contributed by atoms with Gasteiger partial charge in [0.05, 0.1) is 11.7 Å². The van der Waals surface area contributed by atoms with Crippen molar-refractivity contribution in [2.45, 2.75) is 58.9 Å². The van der Waals surface area contributed by atoms with Crippen LogP contribution < -0.4 is 5.32 Å². The molecule has 1 aromatic carbocycles. The Labute approximate surface area is 184 Å². The van der Waals surface area contributed by atoms with Crippen molar-refractivity contribution in [3.05, 3.63) is 46.9 Å². The maximum absolute atomic E-state index is 13.0. The number of likely N-dealkylation sites (tertiary alicyclic amines) is 1. The van der Waals surface area contributed by atoms with E-state index in [1.807, 2.05) is 11.0 Å². The van der Waals surface area contributed by atoms with E-state index >= 15 is 0 Å². The summed E-state index contributed by atoms with van der Waals surface area (Å²) >= 11 is 5.97. The number of aryl methyl sites for hydroxylation is 1. The second-order valence-corrected chi connectivity index (χ2v) is 10.0. The summed E-state index contributed by atoms with van der Waals surface area (Å²) < 4.78 is 0. The summed E-state index contributed by atoms with van der Waals surface area (Å²) in [4.78, 5) is 23.3. The molecule has 1 N–H and O–H groups in total. The summed E-state index contributed by atoms with van der Waals surface area (Å²) in [5, 5.41) is 3.59. The van der Waals surface area contributed by atoms with Crippen LogP contribution in [0.3, 0.4) is 0 Å². The molecule has 2 aliphatic rings. The van der Waals surface area contributed by atoms with E-state index in [-0.39, 0.29) is 22.8 Å². The number of aromatic nitrogens is 2. The monoisotopic (exact) mass is 426 g/mol. The molecule has 1 fully saturated rings. The maximum Gasteiger partial charge on any atom is 0.317 e. The van der Waals surface area contributed by atoms with E-state index in [0.29, 0.717) is 5.92 Å². The van der Waals surface area contributed by atoms with E-state index in [1.165, 1.54) is 11.1 Å². The Kier molecular flexibility index (Phi) is 6.01. The fourth-order valence-electron chi connectivity index (χ4n) is 4.68.